The second-order valence-corrected chi connectivity index (χ2v) is 7.24. The Morgan fingerprint density at radius 3 is 1.73 bits per heavy atom. The van der Waals surface area contributed by atoms with Crippen LogP contribution in [0.4, 0.5) is 0 Å². The van der Waals surface area contributed by atoms with E-state index < -0.39 is 0 Å². The number of aromatic nitrogens is 1. The van der Waals surface area contributed by atoms with E-state index in [4.69, 9.17) is 0 Å². The number of hydrogen-bond acceptors (Lipinski definition) is 2. The molecular weight excluding hydrogens is 206 g/mol. The van der Waals surface area contributed by atoms with E-state index in [1.54, 1.807) is 15.5 Å². The molecule has 0 radical (unpaired) electrons. The first-order valence-electron chi connectivity index (χ1n) is 5.26. The Morgan fingerprint density at radius 1 is 1.00 bits per heavy atom. The highest BCUT2D eigenvalue weighted by molar-refractivity contribution is 7.06. The van der Waals surface area contributed by atoms with Gasteiger partial charge in [-0.25, -0.2) is 0 Å². The molecule has 0 saturated heterocycles. The average molecular weight is 227 g/mol. The Labute approximate surface area is 96.1 Å². The van der Waals surface area contributed by atoms with E-state index in [0.717, 1.165) is 5.56 Å². The number of hydrogen-bond donors (Lipinski definition) is 0. The summed E-state index contributed by atoms with van der Waals surface area (Å²) < 4.78 is 1.74. The number of aryl methyl sites for hydroxylation is 1. The summed E-state index contributed by atoms with van der Waals surface area (Å²) in [6.45, 7) is 12.8. The summed E-state index contributed by atoms with van der Waals surface area (Å²) >= 11 is 1.58. The van der Waals surface area contributed by atoms with Crippen molar-refractivity contribution < 1.29 is 0 Å². The maximum Gasteiger partial charge on any atom is 0.264 e. The predicted molar refractivity (Wildman–Crippen MR) is 67.0 cm³/mol. The van der Waals surface area contributed by atoms with Gasteiger partial charge >= 0.3 is 0 Å². The van der Waals surface area contributed by atoms with Crippen molar-refractivity contribution in [2.24, 2.45) is 7.05 Å². The van der Waals surface area contributed by atoms with Crippen molar-refractivity contribution in [3.63, 3.8) is 0 Å². The lowest BCUT2D eigenvalue weighted by molar-refractivity contribution is 0.536. The Hall–Kier alpha value is -0.570. The average Bonchev–Trinajstić information content (AvgIpc) is 2.25. The molecule has 2 nitrogen and oxygen atoms in total. The van der Waals surface area contributed by atoms with Gasteiger partial charge in [-0.1, -0.05) is 53.1 Å². The summed E-state index contributed by atoms with van der Waals surface area (Å²) in [4.78, 5) is 13.3. The zero-order chi connectivity index (χ0) is 12.0. The Balaban J connectivity index is 3.56. The highest BCUT2D eigenvalue weighted by atomic mass is 32.1. The van der Waals surface area contributed by atoms with Gasteiger partial charge in [0.25, 0.3) is 5.56 Å². The maximum absolute atomic E-state index is 12.1. The summed E-state index contributed by atoms with van der Waals surface area (Å²) in [6, 6.07) is 0. The van der Waals surface area contributed by atoms with E-state index in [9.17, 15) is 4.79 Å². The molecule has 86 valence electrons. The molecule has 0 aliphatic rings. The molecule has 3 heteroatoms. The van der Waals surface area contributed by atoms with Gasteiger partial charge < -0.3 is 0 Å². The molecular formula is C12H21NOS. The van der Waals surface area contributed by atoms with E-state index in [2.05, 4.69) is 41.5 Å². The molecule has 0 spiro atoms. The summed E-state index contributed by atoms with van der Waals surface area (Å²) in [5.41, 5.74) is 1.12. The summed E-state index contributed by atoms with van der Waals surface area (Å²) in [5, 5.41) is 0. The first-order chi connectivity index (χ1) is 6.55. The lowest BCUT2D eigenvalue weighted by Gasteiger charge is -2.24. The molecule has 0 bridgehead atoms. The van der Waals surface area contributed by atoms with Crippen LogP contribution in [0.1, 0.15) is 52.0 Å². The largest absolute Gasteiger partial charge is 0.268 e. The van der Waals surface area contributed by atoms with Crippen LogP contribution in [0.25, 0.3) is 0 Å². The van der Waals surface area contributed by atoms with Crippen LogP contribution in [-0.4, -0.2) is 3.96 Å². The van der Waals surface area contributed by atoms with E-state index in [0.29, 0.717) is 0 Å². The van der Waals surface area contributed by atoms with Gasteiger partial charge in [0, 0.05) is 17.5 Å². The molecule has 0 fully saturated rings. The smallest absolute Gasteiger partial charge is 0.264 e. The molecule has 1 aromatic heterocycles. The van der Waals surface area contributed by atoms with E-state index in [1.807, 2.05) is 7.05 Å². The quantitative estimate of drug-likeness (QED) is 0.667. The molecule has 1 aromatic rings. The van der Waals surface area contributed by atoms with E-state index in [1.165, 1.54) is 4.88 Å². The van der Waals surface area contributed by atoms with Gasteiger partial charge in [0.2, 0.25) is 0 Å². The Bertz CT molecular complexity index is 412. The molecule has 15 heavy (non-hydrogen) atoms. The molecule has 0 aromatic carbocycles. The lowest BCUT2D eigenvalue weighted by atomic mass is 9.81. The summed E-state index contributed by atoms with van der Waals surface area (Å²) in [6.07, 6.45) is 0. The van der Waals surface area contributed by atoms with Crippen LogP contribution in [-0.2, 0) is 17.9 Å². The Morgan fingerprint density at radius 2 is 1.47 bits per heavy atom. The van der Waals surface area contributed by atoms with Crippen LogP contribution >= 0.6 is 11.5 Å². The van der Waals surface area contributed by atoms with Gasteiger partial charge in [0.15, 0.2) is 0 Å². The molecule has 0 aliphatic heterocycles. The first-order valence-corrected chi connectivity index (χ1v) is 6.04. The van der Waals surface area contributed by atoms with Crippen LogP contribution in [0, 0.1) is 0 Å². The minimum Gasteiger partial charge on any atom is -0.268 e. The molecule has 0 unspecified atom stereocenters. The highest BCUT2D eigenvalue weighted by Gasteiger charge is 2.30. The highest BCUT2D eigenvalue weighted by Crippen LogP contribution is 2.34. The number of rotatable bonds is 0. The predicted octanol–water partition coefficient (Wildman–Crippen LogP) is 3.04. The van der Waals surface area contributed by atoms with Crippen LogP contribution in [0.2, 0.25) is 0 Å². The van der Waals surface area contributed by atoms with Gasteiger partial charge in [-0.3, -0.25) is 8.75 Å². The maximum atomic E-state index is 12.1. The van der Waals surface area contributed by atoms with Crippen molar-refractivity contribution in [3.8, 4) is 0 Å². The molecule has 0 N–H and O–H groups in total. The van der Waals surface area contributed by atoms with Crippen molar-refractivity contribution in [1.82, 2.24) is 3.96 Å². The fraction of sp³-hybridized carbons (Fsp3) is 0.750. The van der Waals surface area contributed by atoms with Crippen molar-refractivity contribution >= 4 is 11.5 Å². The van der Waals surface area contributed by atoms with Crippen molar-refractivity contribution in [2.45, 2.75) is 52.4 Å². The monoisotopic (exact) mass is 227 g/mol. The lowest BCUT2D eigenvalue weighted by Crippen LogP contribution is -2.27. The number of nitrogens with zero attached hydrogens (tertiary/aromatic N) is 1. The molecule has 0 saturated carbocycles. The van der Waals surface area contributed by atoms with E-state index in [-0.39, 0.29) is 16.4 Å². The van der Waals surface area contributed by atoms with Gasteiger partial charge in [-0.2, -0.15) is 0 Å². The Kier molecular flexibility index (Phi) is 2.90. The third-order valence-corrected chi connectivity index (χ3v) is 3.83. The summed E-state index contributed by atoms with van der Waals surface area (Å²) in [7, 11) is 1.84. The van der Waals surface area contributed by atoms with Gasteiger partial charge in [0.1, 0.15) is 0 Å². The third-order valence-electron chi connectivity index (χ3n) is 2.39. The van der Waals surface area contributed by atoms with Crippen molar-refractivity contribution in [3.05, 3.63) is 20.8 Å². The first kappa shape index (κ1) is 12.5. The van der Waals surface area contributed by atoms with Crippen LogP contribution in [0.15, 0.2) is 4.79 Å². The van der Waals surface area contributed by atoms with Crippen molar-refractivity contribution in [2.75, 3.05) is 0 Å². The van der Waals surface area contributed by atoms with Gasteiger partial charge in [0.05, 0.1) is 0 Å². The minimum absolute atomic E-state index is 0.0493. The van der Waals surface area contributed by atoms with Crippen LogP contribution in [0.5, 0.6) is 0 Å². The van der Waals surface area contributed by atoms with Gasteiger partial charge in [-0.15, -0.1) is 0 Å². The normalized spacial score (nSPS) is 13.3. The fourth-order valence-electron chi connectivity index (χ4n) is 1.65. The fourth-order valence-corrected chi connectivity index (χ4v) is 2.86. The summed E-state index contributed by atoms with van der Waals surface area (Å²) in [5.74, 6) is 0. The zero-order valence-electron chi connectivity index (χ0n) is 10.8. The standard InChI is InChI=1S/C12H21NOS/c1-11(2,3)8-9(12(4,5)6)15-13(7)10(8)14/h1-7H3. The second kappa shape index (κ2) is 3.48. The molecule has 0 aliphatic carbocycles. The molecule has 0 atom stereocenters. The van der Waals surface area contributed by atoms with Crippen LogP contribution < -0.4 is 5.56 Å². The van der Waals surface area contributed by atoms with Crippen molar-refractivity contribution in [1.29, 1.82) is 0 Å². The molecule has 1 heterocycles. The molecule has 0 amide bonds. The second-order valence-electron chi connectivity index (χ2n) is 6.10. The van der Waals surface area contributed by atoms with Crippen LogP contribution in [0.3, 0.4) is 0 Å². The minimum atomic E-state index is -0.0720. The van der Waals surface area contributed by atoms with E-state index >= 15 is 0 Å². The zero-order valence-corrected chi connectivity index (χ0v) is 11.6. The van der Waals surface area contributed by atoms with Gasteiger partial charge in [-0.05, 0) is 10.8 Å². The molecule has 1 rings (SSSR count). The SMILES string of the molecule is Cn1sc(C(C)(C)C)c(C(C)(C)C)c1=O. The third kappa shape index (κ3) is 2.33. The topological polar surface area (TPSA) is 22.0 Å².